The number of ether oxygens (including phenoxy) is 1. The van der Waals surface area contributed by atoms with Crippen LogP contribution < -0.4 is 10.2 Å². The Hall–Kier alpha value is -1.92. The Balaban J connectivity index is 1.85. The van der Waals surface area contributed by atoms with Gasteiger partial charge in [0.2, 0.25) is 0 Å². The number of carbonyl (C=O) groups is 1. The Bertz CT molecular complexity index is 717. The maximum Gasteiger partial charge on any atom is 0.258 e. The predicted octanol–water partition coefficient (Wildman–Crippen LogP) is 3.68. The van der Waals surface area contributed by atoms with Crippen LogP contribution in [0.2, 0.25) is 0 Å². The van der Waals surface area contributed by atoms with Gasteiger partial charge in [-0.3, -0.25) is 4.79 Å². The van der Waals surface area contributed by atoms with Crippen LogP contribution in [0.3, 0.4) is 0 Å². The van der Waals surface area contributed by atoms with E-state index in [1.807, 2.05) is 24.3 Å². The fourth-order valence-corrected chi connectivity index (χ4v) is 2.88. The summed E-state index contributed by atoms with van der Waals surface area (Å²) in [5.41, 5.74) is 1.59. The Morgan fingerprint density at radius 2 is 1.91 bits per heavy atom. The van der Waals surface area contributed by atoms with Crippen molar-refractivity contribution in [2.24, 2.45) is 0 Å². The lowest BCUT2D eigenvalue weighted by atomic mass is 10.1. The van der Waals surface area contributed by atoms with Crippen molar-refractivity contribution in [3.63, 3.8) is 0 Å². The number of carbonyl (C=O) groups excluding carboxylic acids is 1. The maximum absolute atomic E-state index is 13.9. The molecule has 0 bridgehead atoms. The van der Waals surface area contributed by atoms with Crippen LogP contribution in [0.1, 0.15) is 10.4 Å². The molecule has 0 unspecified atom stereocenters. The first kappa shape index (κ1) is 16.0. The minimum absolute atomic E-state index is 0.0103. The van der Waals surface area contributed by atoms with Gasteiger partial charge in [0, 0.05) is 17.6 Å². The van der Waals surface area contributed by atoms with E-state index in [-0.39, 0.29) is 5.56 Å². The lowest BCUT2D eigenvalue weighted by Crippen LogP contribution is -2.36. The number of benzene rings is 2. The van der Waals surface area contributed by atoms with E-state index in [2.05, 4.69) is 26.1 Å². The Morgan fingerprint density at radius 3 is 2.70 bits per heavy atom. The van der Waals surface area contributed by atoms with E-state index in [0.29, 0.717) is 23.4 Å². The van der Waals surface area contributed by atoms with E-state index in [1.54, 1.807) is 6.07 Å². The minimum atomic E-state index is -0.547. The van der Waals surface area contributed by atoms with Gasteiger partial charge in [-0.05, 0) is 30.3 Å². The fourth-order valence-electron chi connectivity index (χ4n) is 2.52. The molecular formula is C17H16BrFN2O2. The smallest absolute Gasteiger partial charge is 0.258 e. The molecule has 1 fully saturated rings. The summed E-state index contributed by atoms with van der Waals surface area (Å²) in [5.74, 6) is -1.01. The van der Waals surface area contributed by atoms with E-state index >= 15 is 0 Å². The Kier molecular flexibility index (Phi) is 4.93. The number of halogens is 2. The van der Waals surface area contributed by atoms with E-state index in [4.69, 9.17) is 4.74 Å². The third kappa shape index (κ3) is 3.71. The quantitative estimate of drug-likeness (QED) is 0.885. The zero-order chi connectivity index (χ0) is 16.2. The van der Waals surface area contributed by atoms with Crippen molar-refractivity contribution in [1.82, 2.24) is 0 Å². The zero-order valence-corrected chi connectivity index (χ0v) is 14.0. The van der Waals surface area contributed by atoms with Gasteiger partial charge in [-0.1, -0.05) is 28.1 Å². The summed E-state index contributed by atoms with van der Waals surface area (Å²) >= 11 is 3.26. The highest BCUT2D eigenvalue weighted by molar-refractivity contribution is 9.10. The van der Waals surface area contributed by atoms with Gasteiger partial charge in [-0.25, -0.2) is 4.39 Å². The van der Waals surface area contributed by atoms with E-state index in [1.165, 1.54) is 12.1 Å². The summed E-state index contributed by atoms with van der Waals surface area (Å²) < 4.78 is 19.9. The van der Waals surface area contributed by atoms with Crippen molar-refractivity contribution in [2.75, 3.05) is 36.5 Å². The third-order valence-corrected chi connectivity index (χ3v) is 4.17. The first-order chi connectivity index (χ1) is 11.1. The number of amides is 1. The molecule has 2 aromatic rings. The number of nitrogens with zero attached hydrogens (tertiary/aromatic N) is 1. The number of anilines is 2. The molecule has 1 saturated heterocycles. The molecule has 120 valence electrons. The van der Waals surface area contributed by atoms with Gasteiger partial charge in [0.1, 0.15) is 5.82 Å². The summed E-state index contributed by atoms with van der Waals surface area (Å²) in [6.07, 6.45) is 0. The molecule has 0 aliphatic carbocycles. The van der Waals surface area contributed by atoms with Gasteiger partial charge in [0.25, 0.3) is 5.91 Å². The zero-order valence-electron chi connectivity index (χ0n) is 12.4. The van der Waals surface area contributed by atoms with Gasteiger partial charge in [0.05, 0.1) is 30.2 Å². The van der Waals surface area contributed by atoms with Gasteiger partial charge in [-0.2, -0.15) is 0 Å². The average molecular weight is 379 g/mol. The highest BCUT2D eigenvalue weighted by atomic mass is 79.9. The van der Waals surface area contributed by atoms with Crippen LogP contribution in [-0.2, 0) is 4.74 Å². The highest BCUT2D eigenvalue weighted by Crippen LogP contribution is 2.27. The van der Waals surface area contributed by atoms with Crippen LogP contribution >= 0.6 is 15.9 Å². The van der Waals surface area contributed by atoms with Crippen LogP contribution in [-0.4, -0.2) is 32.2 Å². The number of nitrogens with one attached hydrogen (secondary N) is 1. The lowest BCUT2D eigenvalue weighted by Gasteiger charge is -2.30. The predicted molar refractivity (Wildman–Crippen MR) is 91.5 cm³/mol. The van der Waals surface area contributed by atoms with Crippen molar-refractivity contribution in [1.29, 1.82) is 0 Å². The molecule has 3 rings (SSSR count). The second-order valence-electron chi connectivity index (χ2n) is 5.19. The fraction of sp³-hybridized carbons (Fsp3) is 0.235. The van der Waals surface area contributed by atoms with Crippen LogP contribution in [0.4, 0.5) is 15.8 Å². The average Bonchev–Trinajstić information content (AvgIpc) is 2.58. The van der Waals surface area contributed by atoms with Gasteiger partial charge < -0.3 is 15.0 Å². The molecule has 4 nitrogen and oxygen atoms in total. The third-order valence-electron chi connectivity index (χ3n) is 3.68. The van der Waals surface area contributed by atoms with E-state index < -0.39 is 11.7 Å². The lowest BCUT2D eigenvalue weighted by molar-refractivity contribution is 0.102. The summed E-state index contributed by atoms with van der Waals surface area (Å²) in [6.45, 7) is 2.83. The molecule has 0 aromatic heterocycles. The largest absolute Gasteiger partial charge is 0.378 e. The molecule has 0 saturated carbocycles. The molecule has 1 heterocycles. The summed E-state index contributed by atoms with van der Waals surface area (Å²) in [5, 5.41) is 2.81. The van der Waals surface area contributed by atoms with Crippen LogP contribution in [0.15, 0.2) is 46.9 Å². The summed E-state index contributed by atoms with van der Waals surface area (Å²) in [7, 11) is 0. The van der Waals surface area contributed by atoms with Gasteiger partial charge >= 0.3 is 0 Å². The van der Waals surface area contributed by atoms with E-state index in [0.717, 1.165) is 18.8 Å². The van der Waals surface area contributed by atoms with Crippen LogP contribution in [0.25, 0.3) is 0 Å². The monoisotopic (exact) mass is 378 g/mol. The SMILES string of the molecule is O=C(Nc1ccccc1N1CCOCC1)c1cc(Br)ccc1F. The molecule has 0 spiro atoms. The second-order valence-corrected chi connectivity index (χ2v) is 6.11. The van der Waals surface area contributed by atoms with Crippen molar-refractivity contribution in [3.05, 3.63) is 58.3 Å². The normalized spacial score (nSPS) is 14.6. The molecule has 1 aliphatic rings. The van der Waals surface area contributed by atoms with Gasteiger partial charge in [0.15, 0.2) is 0 Å². The first-order valence-electron chi connectivity index (χ1n) is 7.33. The van der Waals surface area contributed by atoms with Crippen molar-refractivity contribution in [2.45, 2.75) is 0 Å². The molecule has 23 heavy (non-hydrogen) atoms. The Labute approximate surface area is 142 Å². The standard InChI is InChI=1S/C17H16BrFN2O2/c18-12-5-6-14(19)13(11-12)17(22)20-15-3-1-2-4-16(15)21-7-9-23-10-8-21/h1-6,11H,7-10H2,(H,20,22). The number of hydrogen-bond acceptors (Lipinski definition) is 3. The summed E-state index contributed by atoms with van der Waals surface area (Å²) in [4.78, 5) is 14.6. The van der Waals surface area contributed by atoms with Crippen LogP contribution in [0, 0.1) is 5.82 Å². The summed E-state index contributed by atoms with van der Waals surface area (Å²) in [6, 6.07) is 11.8. The molecular weight excluding hydrogens is 363 g/mol. The van der Waals surface area contributed by atoms with Crippen molar-refractivity contribution < 1.29 is 13.9 Å². The molecule has 6 heteroatoms. The number of rotatable bonds is 3. The molecule has 2 aromatic carbocycles. The minimum Gasteiger partial charge on any atom is -0.378 e. The Morgan fingerprint density at radius 1 is 1.17 bits per heavy atom. The maximum atomic E-state index is 13.9. The number of morpholine rings is 1. The number of hydrogen-bond donors (Lipinski definition) is 1. The molecule has 1 N–H and O–H groups in total. The van der Waals surface area contributed by atoms with Gasteiger partial charge in [-0.15, -0.1) is 0 Å². The molecule has 1 amide bonds. The highest BCUT2D eigenvalue weighted by Gasteiger charge is 2.18. The van der Waals surface area contributed by atoms with E-state index in [9.17, 15) is 9.18 Å². The number of para-hydroxylation sites is 2. The first-order valence-corrected chi connectivity index (χ1v) is 8.12. The van der Waals surface area contributed by atoms with Crippen LogP contribution in [0.5, 0.6) is 0 Å². The van der Waals surface area contributed by atoms with Crippen molar-refractivity contribution >= 4 is 33.2 Å². The second kappa shape index (κ2) is 7.10. The molecule has 0 atom stereocenters. The molecule has 0 radical (unpaired) electrons. The van der Waals surface area contributed by atoms with Crippen molar-refractivity contribution in [3.8, 4) is 0 Å². The topological polar surface area (TPSA) is 41.6 Å². The molecule has 1 aliphatic heterocycles.